The van der Waals surface area contributed by atoms with Crippen LogP contribution in [0.2, 0.25) is 0 Å². The van der Waals surface area contributed by atoms with E-state index in [0.29, 0.717) is 18.6 Å². The lowest BCUT2D eigenvalue weighted by molar-refractivity contribution is -0.132. The van der Waals surface area contributed by atoms with E-state index in [1.165, 1.54) is 6.08 Å². The molecule has 110 valence electrons. The van der Waals surface area contributed by atoms with Gasteiger partial charge >= 0.3 is 0 Å². The summed E-state index contributed by atoms with van der Waals surface area (Å²) in [6.45, 7) is 7.27. The van der Waals surface area contributed by atoms with E-state index in [1.54, 1.807) is 13.8 Å². The maximum atomic E-state index is 12.4. The maximum Gasteiger partial charge on any atom is 0.166 e. The summed E-state index contributed by atoms with van der Waals surface area (Å²) in [6, 6.07) is 0. The van der Waals surface area contributed by atoms with Gasteiger partial charge in [-0.2, -0.15) is 0 Å². The summed E-state index contributed by atoms with van der Waals surface area (Å²) in [5.41, 5.74) is -0.690. The molecule has 1 aliphatic heterocycles. The van der Waals surface area contributed by atoms with Crippen molar-refractivity contribution in [3.8, 4) is 0 Å². The molecule has 0 amide bonds. The van der Waals surface area contributed by atoms with E-state index in [-0.39, 0.29) is 18.0 Å². The molecule has 20 heavy (non-hydrogen) atoms. The number of aliphatic hydroxyl groups is 1. The number of allylic oxidation sites excluding steroid dienone is 4. The monoisotopic (exact) mass is 278 g/mol. The Morgan fingerprint density at radius 2 is 2.15 bits per heavy atom. The van der Waals surface area contributed by atoms with Gasteiger partial charge in [-0.25, -0.2) is 0 Å². The Morgan fingerprint density at radius 1 is 1.50 bits per heavy atom. The molecule has 2 atom stereocenters. The van der Waals surface area contributed by atoms with Crippen molar-refractivity contribution in [1.82, 2.24) is 0 Å². The zero-order chi connectivity index (χ0) is 15.1. The Hall–Kier alpha value is -1.42. The van der Waals surface area contributed by atoms with E-state index in [9.17, 15) is 14.7 Å². The Labute approximate surface area is 119 Å². The summed E-state index contributed by atoms with van der Waals surface area (Å²) in [7, 11) is 0. The van der Waals surface area contributed by atoms with Crippen LogP contribution in [0.5, 0.6) is 0 Å². The van der Waals surface area contributed by atoms with E-state index in [1.807, 2.05) is 19.9 Å². The van der Waals surface area contributed by atoms with Crippen LogP contribution in [0.3, 0.4) is 0 Å². The summed E-state index contributed by atoms with van der Waals surface area (Å²) >= 11 is 0. The van der Waals surface area contributed by atoms with Crippen molar-refractivity contribution in [3.05, 3.63) is 23.5 Å². The normalized spacial score (nSPS) is 29.6. The van der Waals surface area contributed by atoms with E-state index in [4.69, 9.17) is 4.74 Å². The Balaban J connectivity index is 2.41. The summed E-state index contributed by atoms with van der Waals surface area (Å²) in [5, 5.41) is 10.1. The number of carbonyl (C=O) groups is 2. The number of ether oxygens (including phenoxy) is 1. The Kier molecular flexibility index (Phi) is 3.63. The summed E-state index contributed by atoms with van der Waals surface area (Å²) in [6.07, 6.45) is 3.86. The first kappa shape index (κ1) is 15.0. The first-order chi connectivity index (χ1) is 9.15. The summed E-state index contributed by atoms with van der Waals surface area (Å²) in [5.74, 6) is 0.127. The first-order valence-electron chi connectivity index (χ1n) is 6.96. The van der Waals surface area contributed by atoms with Crippen LogP contribution in [-0.2, 0) is 14.3 Å². The molecule has 0 saturated carbocycles. The average Bonchev–Trinajstić information content (AvgIpc) is 2.66. The van der Waals surface area contributed by atoms with E-state index in [2.05, 4.69) is 0 Å². The van der Waals surface area contributed by atoms with Gasteiger partial charge in [0.15, 0.2) is 11.6 Å². The van der Waals surface area contributed by atoms with Crippen molar-refractivity contribution < 1.29 is 19.4 Å². The van der Waals surface area contributed by atoms with Crippen LogP contribution in [0.1, 0.15) is 47.0 Å². The highest BCUT2D eigenvalue weighted by atomic mass is 16.5. The van der Waals surface area contributed by atoms with Crippen LogP contribution in [0, 0.1) is 5.41 Å². The molecule has 0 aromatic heterocycles. The molecule has 0 aromatic carbocycles. The largest absolute Gasteiger partial charge is 0.491 e. The molecule has 4 nitrogen and oxygen atoms in total. The van der Waals surface area contributed by atoms with Gasteiger partial charge in [-0.3, -0.25) is 9.59 Å². The van der Waals surface area contributed by atoms with E-state index >= 15 is 0 Å². The lowest BCUT2D eigenvalue weighted by Crippen LogP contribution is -2.38. The fourth-order valence-electron chi connectivity index (χ4n) is 2.74. The van der Waals surface area contributed by atoms with Gasteiger partial charge in [0.2, 0.25) is 0 Å². The third-order valence-electron chi connectivity index (χ3n) is 4.08. The molecule has 0 unspecified atom stereocenters. The van der Waals surface area contributed by atoms with Crippen LogP contribution < -0.4 is 0 Å². The molecule has 1 aliphatic carbocycles. The summed E-state index contributed by atoms with van der Waals surface area (Å²) < 4.78 is 5.75. The van der Waals surface area contributed by atoms with Gasteiger partial charge in [0.1, 0.15) is 11.9 Å². The average molecular weight is 278 g/mol. The molecule has 4 heteroatoms. The number of hydrogen-bond donors (Lipinski definition) is 1. The molecule has 1 saturated heterocycles. The molecule has 1 N–H and O–H groups in total. The molecule has 0 spiro atoms. The van der Waals surface area contributed by atoms with Crippen molar-refractivity contribution in [3.63, 3.8) is 0 Å². The number of ketones is 2. The Bertz CT molecular complexity index is 503. The van der Waals surface area contributed by atoms with Crippen molar-refractivity contribution in [2.75, 3.05) is 0 Å². The second kappa shape index (κ2) is 4.85. The van der Waals surface area contributed by atoms with Crippen molar-refractivity contribution in [2.24, 2.45) is 5.41 Å². The molecule has 1 fully saturated rings. The third-order valence-corrected chi connectivity index (χ3v) is 4.08. The number of hydrogen-bond acceptors (Lipinski definition) is 4. The number of fused-ring (bicyclic) bond motifs is 1. The number of carbonyl (C=O) groups excluding carboxylic acids is 2. The molecule has 2 rings (SSSR count). The second-order valence-electron chi connectivity index (χ2n) is 6.61. The Morgan fingerprint density at radius 3 is 2.70 bits per heavy atom. The minimum absolute atomic E-state index is 0.0674. The highest BCUT2D eigenvalue weighted by Crippen LogP contribution is 2.50. The maximum absolute atomic E-state index is 12.4. The fraction of sp³-hybridized carbons (Fsp3) is 0.625. The van der Waals surface area contributed by atoms with Gasteiger partial charge in [0, 0.05) is 12.5 Å². The predicted octanol–water partition coefficient (Wildman–Crippen LogP) is 2.31. The third kappa shape index (κ3) is 2.57. The minimum Gasteiger partial charge on any atom is -0.491 e. The van der Waals surface area contributed by atoms with Gasteiger partial charge in [-0.15, -0.1) is 0 Å². The zero-order valence-corrected chi connectivity index (χ0v) is 12.5. The van der Waals surface area contributed by atoms with E-state index < -0.39 is 17.1 Å². The van der Waals surface area contributed by atoms with Crippen LogP contribution in [0.15, 0.2) is 23.5 Å². The molecule has 0 radical (unpaired) electrons. The predicted molar refractivity (Wildman–Crippen MR) is 75.0 cm³/mol. The molecular formula is C16H22O4. The number of Topliss-reactive ketones (excluding diaryl/α,β-unsaturated/α-hetero) is 1. The summed E-state index contributed by atoms with van der Waals surface area (Å²) in [4.78, 5) is 24.0. The van der Waals surface area contributed by atoms with Crippen LogP contribution in [0.25, 0.3) is 0 Å². The van der Waals surface area contributed by atoms with Gasteiger partial charge in [-0.05, 0) is 34.1 Å². The number of rotatable bonds is 3. The molecule has 0 bridgehead atoms. The second-order valence-corrected chi connectivity index (χ2v) is 6.61. The highest BCUT2D eigenvalue weighted by molar-refractivity contribution is 6.11. The highest BCUT2D eigenvalue weighted by Gasteiger charge is 2.55. The van der Waals surface area contributed by atoms with Crippen molar-refractivity contribution in [1.29, 1.82) is 0 Å². The van der Waals surface area contributed by atoms with Crippen LogP contribution in [0.4, 0.5) is 0 Å². The van der Waals surface area contributed by atoms with Crippen LogP contribution in [-0.4, -0.2) is 28.4 Å². The minimum atomic E-state index is -1.04. The molecule has 2 aliphatic rings. The quantitative estimate of drug-likeness (QED) is 0.635. The molecular weight excluding hydrogens is 256 g/mol. The first-order valence-corrected chi connectivity index (χ1v) is 6.96. The lowest BCUT2D eigenvalue weighted by Gasteiger charge is -2.28. The standard InChI is InChI=1S/C16H22O4/c1-10(2)5-6-16-9-14(15(3,4)19)20-13(16)8-11(17)7-12(16)18/h5,8,14,19H,6-7,9H2,1-4H3/t14-,16+/m1/s1. The van der Waals surface area contributed by atoms with Crippen molar-refractivity contribution >= 4 is 11.6 Å². The van der Waals surface area contributed by atoms with Crippen molar-refractivity contribution in [2.45, 2.75) is 58.7 Å². The zero-order valence-electron chi connectivity index (χ0n) is 12.5. The van der Waals surface area contributed by atoms with Crippen LogP contribution >= 0.6 is 0 Å². The molecule has 0 aromatic rings. The topological polar surface area (TPSA) is 63.6 Å². The van der Waals surface area contributed by atoms with Gasteiger partial charge in [0.05, 0.1) is 17.4 Å². The van der Waals surface area contributed by atoms with Gasteiger partial charge in [0.25, 0.3) is 0 Å². The lowest BCUT2D eigenvalue weighted by atomic mass is 9.70. The van der Waals surface area contributed by atoms with E-state index in [0.717, 1.165) is 5.57 Å². The molecule has 1 heterocycles. The smallest absolute Gasteiger partial charge is 0.166 e. The van der Waals surface area contributed by atoms with Gasteiger partial charge in [-0.1, -0.05) is 11.6 Å². The fourth-order valence-corrected chi connectivity index (χ4v) is 2.74. The van der Waals surface area contributed by atoms with Gasteiger partial charge < -0.3 is 9.84 Å². The SMILES string of the molecule is CC(C)=CC[C@@]12C[C@H](C(C)(C)O)OC1=CC(=O)CC2=O.